The summed E-state index contributed by atoms with van der Waals surface area (Å²) in [6.07, 6.45) is 5.09. The summed E-state index contributed by atoms with van der Waals surface area (Å²) in [7, 11) is 0. The molecule has 4 heteroatoms. The van der Waals surface area contributed by atoms with Gasteiger partial charge in [-0.25, -0.2) is 4.68 Å². The first-order valence-electron chi connectivity index (χ1n) is 6.62. The van der Waals surface area contributed by atoms with Crippen molar-refractivity contribution in [2.75, 3.05) is 18.2 Å². The molecule has 2 heterocycles. The van der Waals surface area contributed by atoms with E-state index in [1.54, 1.807) is 0 Å². The fourth-order valence-corrected chi connectivity index (χ4v) is 2.34. The highest BCUT2D eigenvalue weighted by molar-refractivity contribution is 5.62. The normalized spacial score (nSPS) is 14.9. The third-order valence-electron chi connectivity index (χ3n) is 3.31. The van der Waals surface area contributed by atoms with Gasteiger partial charge in [-0.05, 0) is 45.9 Å². The van der Waals surface area contributed by atoms with Gasteiger partial charge in [-0.15, -0.1) is 0 Å². The molecule has 0 saturated heterocycles. The van der Waals surface area contributed by atoms with E-state index in [0.717, 1.165) is 19.5 Å². The molecule has 1 aliphatic heterocycles. The van der Waals surface area contributed by atoms with E-state index < -0.39 is 0 Å². The van der Waals surface area contributed by atoms with E-state index in [0.29, 0.717) is 0 Å². The van der Waals surface area contributed by atoms with Crippen molar-refractivity contribution in [3.05, 3.63) is 35.4 Å². The second-order valence-electron chi connectivity index (χ2n) is 4.49. The van der Waals surface area contributed by atoms with Crippen LogP contribution in [-0.4, -0.2) is 28.9 Å². The van der Waals surface area contributed by atoms with Gasteiger partial charge < -0.3 is 4.90 Å². The van der Waals surface area contributed by atoms with Crippen LogP contribution in [0.4, 0.5) is 0 Å². The summed E-state index contributed by atoms with van der Waals surface area (Å²) >= 11 is 0. The van der Waals surface area contributed by atoms with Crippen LogP contribution in [0.25, 0.3) is 0 Å². The van der Waals surface area contributed by atoms with Crippen molar-refractivity contribution < 1.29 is 0 Å². The van der Waals surface area contributed by atoms with Crippen LogP contribution in [0.2, 0.25) is 0 Å². The largest absolute Gasteiger partial charge is 0.356 e. The van der Waals surface area contributed by atoms with Crippen LogP contribution in [0.5, 0.6) is 0 Å². The Labute approximate surface area is 109 Å². The molecule has 18 heavy (non-hydrogen) atoms. The Kier molecular flexibility index (Phi) is 3.75. The molecule has 4 nitrogen and oxygen atoms in total. The van der Waals surface area contributed by atoms with Gasteiger partial charge in [-0.3, -0.25) is 0 Å². The molecule has 0 N–H and O–H groups in total. The number of hydrogen-bond acceptors (Lipinski definition) is 3. The van der Waals surface area contributed by atoms with Crippen LogP contribution in [-0.2, 0) is 0 Å². The Bertz CT molecular complexity index is 447. The molecule has 0 atom stereocenters. The minimum atomic E-state index is 0.904. The number of aromatic nitrogens is 1. The van der Waals surface area contributed by atoms with Crippen molar-refractivity contribution in [3.8, 4) is 0 Å². The number of rotatable bonds is 4. The molecule has 2 rings (SSSR count). The average Bonchev–Trinajstić information content (AvgIpc) is 2.71. The lowest BCUT2D eigenvalue weighted by atomic mass is 10.3. The van der Waals surface area contributed by atoms with Crippen molar-refractivity contribution in [1.29, 1.82) is 0 Å². The zero-order valence-electron chi connectivity index (χ0n) is 11.7. The highest BCUT2D eigenvalue weighted by Gasteiger charge is 2.19. The third-order valence-corrected chi connectivity index (χ3v) is 3.31. The van der Waals surface area contributed by atoms with Gasteiger partial charge in [0.05, 0.1) is 0 Å². The first-order chi connectivity index (χ1) is 8.69. The van der Waals surface area contributed by atoms with Crippen LogP contribution in [0.15, 0.2) is 29.1 Å². The molecule has 1 aromatic heterocycles. The summed E-state index contributed by atoms with van der Waals surface area (Å²) in [5, 5.41) is 6.55. The van der Waals surface area contributed by atoms with Gasteiger partial charge in [0.2, 0.25) is 0 Å². The summed E-state index contributed by atoms with van der Waals surface area (Å²) in [6.45, 7) is 10.6. The summed E-state index contributed by atoms with van der Waals surface area (Å²) in [5.74, 6) is 1.17. The molecule has 0 amide bonds. The lowest BCUT2D eigenvalue weighted by Gasteiger charge is -2.34. The van der Waals surface area contributed by atoms with Crippen molar-refractivity contribution in [2.45, 2.75) is 34.1 Å². The third kappa shape index (κ3) is 2.15. The van der Waals surface area contributed by atoms with Gasteiger partial charge in [0.1, 0.15) is 5.82 Å². The molecule has 0 unspecified atom stereocenters. The zero-order chi connectivity index (χ0) is 13.1. The summed E-state index contributed by atoms with van der Waals surface area (Å²) < 4.78 is 2.15. The van der Waals surface area contributed by atoms with Crippen molar-refractivity contribution >= 4 is 6.21 Å². The predicted octanol–water partition coefficient (Wildman–Crippen LogP) is 2.62. The van der Waals surface area contributed by atoms with Crippen molar-refractivity contribution in [2.24, 2.45) is 5.10 Å². The highest BCUT2D eigenvalue weighted by Crippen LogP contribution is 2.18. The van der Waals surface area contributed by atoms with Crippen molar-refractivity contribution in [3.63, 3.8) is 0 Å². The molecule has 0 bridgehead atoms. The quantitative estimate of drug-likeness (QED) is 0.815. The average molecular weight is 246 g/mol. The minimum Gasteiger partial charge on any atom is -0.356 e. The number of aryl methyl sites for hydroxylation is 2. The van der Waals surface area contributed by atoms with E-state index in [4.69, 9.17) is 0 Å². The maximum Gasteiger partial charge on any atom is 0.145 e. The molecular weight excluding hydrogens is 224 g/mol. The Morgan fingerprint density at radius 3 is 2.33 bits per heavy atom. The van der Waals surface area contributed by atoms with E-state index >= 15 is 0 Å². The first kappa shape index (κ1) is 12.7. The molecule has 0 aromatic carbocycles. The van der Waals surface area contributed by atoms with Gasteiger partial charge >= 0.3 is 0 Å². The Morgan fingerprint density at radius 1 is 1.17 bits per heavy atom. The number of allylic oxidation sites excluding steroid dienone is 1. The molecular formula is C14H22N4. The summed E-state index contributed by atoms with van der Waals surface area (Å²) in [4.78, 5) is 2.33. The van der Waals surface area contributed by atoms with Gasteiger partial charge in [-0.1, -0.05) is 0 Å². The second kappa shape index (κ2) is 5.29. The predicted molar refractivity (Wildman–Crippen MR) is 76.2 cm³/mol. The van der Waals surface area contributed by atoms with Crippen LogP contribution in [0, 0.1) is 13.8 Å². The molecule has 0 spiro atoms. The van der Waals surface area contributed by atoms with E-state index in [-0.39, 0.29) is 0 Å². The van der Waals surface area contributed by atoms with Gasteiger partial charge in [0, 0.05) is 37.1 Å². The molecule has 0 fully saturated rings. The monoisotopic (exact) mass is 246 g/mol. The topological polar surface area (TPSA) is 23.8 Å². The fourth-order valence-electron chi connectivity index (χ4n) is 2.34. The molecule has 98 valence electrons. The Morgan fingerprint density at radius 2 is 1.78 bits per heavy atom. The standard InChI is InChI=1S/C14H22N4/c1-5-16(6-2)14-8-7-11-15-18(14)17-12(3)9-10-13(17)4/h8-11H,5-7H2,1-4H3. The number of hydrogen-bond donors (Lipinski definition) is 0. The molecule has 1 aliphatic rings. The van der Waals surface area contributed by atoms with Crippen LogP contribution in [0.3, 0.4) is 0 Å². The Hall–Kier alpha value is -1.71. The first-order valence-corrected chi connectivity index (χ1v) is 6.62. The van der Waals surface area contributed by atoms with E-state index in [1.165, 1.54) is 17.2 Å². The van der Waals surface area contributed by atoms with Gasteiger partial charge in [0.25, 0.3) is 0 Å². The molecule has 1 aromatic rings. The van der Waals surface area contributed by atoms with E-state index in [1.807, 2.05) is 11.3 Å². The smallest absolute Gasteiger partial charge is 0.145 e. The second-order valence-corrected chi connectivity index (χ2v) is 4.49. The van der Waals surface area contributed by atoms with E-state index in [2.05, 4.69) is 60.6 Å². The maximum absolute atomic E-state index is 4.55. The van der Waals surface area contributed by atoms with Crippen LogP contribution < -0.4 is 5.12 Å². The molecule has 0 aliphatic carbocycles. The van der Waals surface area contributed by atoms with E-state index in [9.17, 15) is 0 Å². The van der Waals surface area contributed by atoms with Gasteiger partial charge in [0.15, 0.2) is 0 Å². The Balaban J connectivity index is 2.38. The lowest BCUT2D eigenvalue weighted by Crippen LogP contribution is -2.40. The number of hydrazone groups is 1. The summed E-state index contributed by atoms with van der Waals surface area (Å²) in [5.41, 5.74) is 2.40. The SMILES string of the molecule is CCN(CC)C1=CCC=NN1n1c(C)ccc1C. The minimum absolute atomic E-state index is 0.904. The fraction of sp³-hybridized carbons (Fsp3) is 0.500. The molecule has 0 radical (unpaired) electrons. The zero-order valence-corrected chi connectivity index (χ0v) is 11.7. The number of nitrogens with zero attached hydrogens (tertiary/aromatic N) is 4. The van der Waals surface area contributed by atoms with Crippen LogP contribution >= 0.6 is 0 Å². The lowest BCUT2D eigenvalue weighted by molar-refractivity contribution is 0.345. The van der Waals surface area contributed by atoms with Gasteiger partial charge in [-0.2, -0.15) is 10.2 Å². The van der Waals surface area contributed by atoms with Crippen molar-refractivity contribution in [1.82, 2.24) is 9.58 Å². The maximum atomic E-state index is 4.55. The summed E-state index contributed by atoms with van der Waals surface area (Å²) in [6, 6.07) is 4.25. The van der Waals surface area contributed by atoms with Crippen LogP contribution in [0.1, 0.15) is 31.7 Å². The highest BCUT2D eigenvalue weighted by atomic mass is 15.8. The molecule has 0 saturated carbocycles.